The van der Waals surface area contributed by atoms with Gasteiger partial charge < -0.3 is 11.1 Å². The summed E-state index contributed by atoms with van der Waals surface area (Å²) in [6.07, 6.45) is 0. The molecular formula is C20H19BrN2. The van der Waals surface area contributed by atoms with Crippen molar-refractivity contribution in [2.24, 2.45) is 5.73 Å². The van der Waals surface area contributed by atoms with Crippen molar-refractivity contribution in [2.75, 3.05) is 5.32 Å². The van der Waals surface area contributed by atoms with E-state index >= 15 is 0 Å². The number of benzene rings is 3. The maximum Gasteiger partial charge on any atom is 0.0706 e. The van der Waals surface area contributed by atoms with Gasteiger partial charge in [-0.3, -0.25) is 0 Å². The molecule has 0 aliphatic rings. The number of nitrogens with one attached hydrogen (secondary N) is 1. The zero-order valence-electron chi connectivity index (χ0n) is 12.7. The first-order valence-corrected chi connectivity index (χ1v) is 8.41. The Hall–Kier alpha value is -2.10. The largest absolute Gasteiger partial charge is 0.376 e. The highest BCUT2D eigenvalue weighted by Gasteiger charge is 2.21. The Bertz CT molecular complexity index is 744. The molecule has 2 unspecified atom stereocenters. The molecule has 3 N–H and O–H groups in total. The Kier molecular flexibility index (Phi) is 5.11. The van der Waals surface area contributed by atoms with E-state index in [1.807, 2.05) is 48.5 Å². The summed E-state index contributed by atoms with van der Waals surface area (Å²) >= 11 is 3.53. The highest BCUT2D eigenvalue weighted by molar-refractivity contribution is 9.10. The Morgan fingerprint density at radius 3 is 2.00 bits per heavy atom. The molecule has 3 rings (SSSR count). The van der Waals surface area contributed by atoms with Gasteiger partial charge in [0.2, 0.25) is 0 Å². The Morgan fingerprint density at radius 2 is 1.35 bits per heavy atom. The van der Waals surface area contributed by atoms with Gasteiger partial charge in [0.05, 0.1) is 12.1 Å². The van der Waals surface area contributed by atoms with Gasteiger partial charge in [0.1, 0.15) is 0 Å². The van der Waals surface area contributed by atoms with E-state index in [-0.39, 0.29) is 12.1 Å². The molecule has 0 radical (unpaired) electrons. The van der Waals surface area contributed by atoms with Crippen LogP contribution in [0.1, 0.15) is 23.2 Å². The van der Waals surface area contributed by atoms with E-state index in [0.717, 1.165) is 15.7 Å². The predicted molar refractivity (Wildman–Crippen MR) is 100 cm³/mol. The second-order valence-corrected chi connectivity index (χ2v) is 6.40. The number of hydrogen-bond acceptors (Lipinski definition) is 2. The smallest absolute Gasteiger partial charge is 0.0706 e. The summed E-state index contributed by atoms with van der Waals surface area (Å²) in [4.78, 5) is 0. The van der Waals surface area contributed by atoms with Crippen molar-refractivity contribution in [1.82, 2.24) is 0 Å². The van der Waals surface area contributed by atoms with Crippen molar-refractivity contribution in [3.8, 4) is 0 Å². The summed E-state index contributed by atoms with van der Waals surface area (Å²) in [5.74, 6) is 0. The molecule has 0 spiro atoms. The summed E-state index contributed by atoms with van der Waals surface area (Å²) in [5.41, 5.74) is 9.93. The van der Waals surface area contributed by atoms with Crippen molar-refractivity contribution >= 4 is 21.6 Å². The molecule has 0 fully saturated rings. The molecule has 116 valence electrons. The zero-order chi connectivity index (χ0) is 16.1. The van der Waals surface area contributed by atoms with Crippen LogP contribution in [0.4, 0.5) is 5.69 Å². The van der Waals surface area contributed by atoms with Crippen LogP contribution in [0.3, 0.4) is 0 Å². The van der Waals surface area contributed by atoms with Crippen LogP contribution in [0.2, 0.25) is 0 Å². The maximum atomic E-state index is 6.60. The van der Waals surface area contributed by atoms with E-state index in [2.05, 4.69) is 57.6 Å². The molecule has 3 heteroatoms. The lowest BCUT2D eigenvalue weighted by molar-refractivity contribution is 0.610. The van der Waals surface area contributed by atoms with E-state index < -0.39 is 0 Å². The SMILES string of the molecule is NC(c1cccc(Br)c1)C(Nc1ccccc1)c1ccccc1. The second-order valence-electron chi connectivity index (χ2n) is 5.48. The number of para-hydroxylation sites is 1. The number of nitrogens with two attached hydrogens (primary N) is 1. The quantitative estimate of drug-likeness (QED) is 0.642. The molecule has 0 aromatic heterocycles. The van der Waals surface area contributed by atoms with Crippen molar-refractivity contribution in [3.63, 3.8) is 0 Å². The molecule has 0 aliphatic carbocycles. The Balaban J connectivity index is 1.94. The van der Waals surface area contributed by atoms with E-state index in [1.165, 1.54) is 5.56 Å². The fourth-order valence-corrected chi connectivity index (χ4v) is 3.08. The summed E-state index contributed by atoms with van der Waals surface area (Å²) in [6, 6.07) is 28.5. The highest BCUT2D eigenvalue weighted by Crippen LogP contribution is 2.31. The molecule has 0 heterocycles. The molecule has 3 aromatic rings. The third-order valence-electron chi connectivity index (χ3n) is 3.85. The van der Waals surface area contributed by atoms with Gasteiger partial charge in [0, 0.05) is 10.2 Å². The van der Waals surface area contributed by atoms with Gasteiger partial charge in [-0.15, -0.1) is 0 Å². The summed E-state index contributed by atoms with van der Waals surface area (Å²) in [5, 5.41) is 3.57. The fraction of sp³-hybridized carbons (Fsp3) is 0.100. The normalized spacial score (nSPS) is 13.3. The first-order valence-electron chi connectivity index (χ1n) is 7.61. The summed E-state index contributed by atoms with van der Waals surface area (Å²) < 4.78 is 1.04. The molecule has 0 aliphatic heterocycles. The van der Waals surface area contributed by atoms with Crippen molar-refractivity contribution in [1.29, 1.82) is 0 Å². The summed E-state index contributed by atoms with van der Waals surface area (Å²) in [7, 11) is 0. The topological polar surface area (TPSA) is 38.0 Å². The minimum Gasteiger partial charge on any atom is -0.376 e. The zero-order valence-corrected chi connectivity index (χ0v) is 14.3. The minimum atomic E-state index is -0.157. The first-order chi connectivity index (χ1) is 11.2. The second kappa shape index (κ2) is 7.44. The van der Waals surface area contributed by atoms with Gasteiger partial charge >= 0.3 is 0 Å². The number of hydrogen-bond donors (Lipinski definition) is 2. The molecule has 3 aromatic carbocycles. The lowest BCUT2D eigenvalue weighted by Crippen LogP contribution is -2.26. The molecule has 0 saturated heterocycles. The molecule has 23 heavy (non-hydrogen) atoms. The molecule has 2 nitrogen and oxygen atoms in total. The van der Waals surface area contributed by atoms with Crippen molar-refractivity contribution in [2.45, 2.75) is 12.1 Å². The predicted octanol–water partition coefficient (Wildman–Crippen LogP) is 5.30. The van der Waals surface area contributed by atoms with E-state index in [9.17, 15) is 0 Å². The van der Waals surface area contributed by atoms with Gasteiger partial charge in [-0.25, -0.2) is 0 Å². The molecule has 0 bridgehead atoms. The first kappa shape index (κ1) is 15.8. The third kappa shape index (κ3) is 4.01. The van der Waals surface area contributed by atoms with Gasteiger partial charge in [0.15, 0.2) is 0 Å². The van der Waals surface area contributed by atoms with Gasteiger partial charge in [-0.2, -0.15) is 0 Å². The fourth-order valence-electron chi connectivity index (χ4n) is 2.66. The van der Waals surface area contributed by atoms with Crippen LogP contribution in [-0.4, -0.2) is 0 Å². The van der Waals surface area contributed by atoms with Crippen LogP contribution >= 0.6 is 15.9 Å². The van der Waals surface area contributed by atoms with Gasteiger partial charge in [-0.05, 0) is 35.4 Å². The monoisotopic (exact) mass is 366 g/mol. The number of rotatable bonds is 5. The van der Waals surface area contributed by atoms with Crippen LogP contribution in [0.25, 0.3) is 0 Å². The van der Waals surface area contributed by atoms with Crippen LogP contribution in [0, 0.1) is 0 Å². The minimum absolute atomic E-state index is 0.00657. The van der Waals surface area contributed by atoms with E-state index in [4.69, 9.17) is 5.73 Å². The average Bonchev–Trinajstić information content (AvgIpc) is 2.61. The molecule has 2 atom stereocenters. The molecule has 0 saturated carbocycles. The standard InChI is InChI=1S/C20H19BrN2/c21-17-11-7-10-16(14-17)19(22)20(15-8-3-1-4-9-15)23-18-12-5-2-6-13-18/h1-14,19-20,23H,22H2. The molecular weight excluding hydrogens is 348 g/mol. The van der Waals surface area contributed by atoms with Crippen LogP contribution in [-0.2, 0) is 0 Å². The highest BCUT2D eigenvalue weighted by atomic mass is 79.9. The third-order valence-corrected chi connectivity index (χ3v) is 4.34. The molecule has 0 amide bonds. The lowest BCUT2D eigenvalue weighted by Gasteiger charge is -2.27. The Morgan fingerprint density at radius 1 is 0.739 bits per heavy atom. The summed E-state index contributed by atoms with van der Waals surface area (Å²) in [6.45, 7) is 0. The van der Waals surface area contributed by atoms with E-state index in [0.29, 0.717) is 0 Å². The van der Waals surface area contributed by atoms with E-state index in [1.54, 1.807) is 0 Å². The lowest BCUT2D eigenvalue weighted by atomic mass is 9.94. The van der Waals surface area contributed by atoms with Crippen LogP contribution in [0.15, 0.2) is 89.4 Å². The van der Waals surface area contributed by atoms with Crippen LogP contribution < -0.4 is 11.1 Å². The van der Waals surface area contributed by atoms with Gasteiger partial charge in [-0.1, -0.05) is 76.6 Å². The van der Waals surface area contributed by atoms with Crippen molar-refractivity contribution in [3.05, 3.63) is 101 Å². The number of halogens is 1. The Labute approximate surface area is 145 Å². The van der Waals surface area contributed by atoms with Crippen LogP contribution in [0.5, 0.6) is 0 Å². The average molecular weight is 367 g/mol. The van der Waals surface area contributed by atoms with Gasteiger partial charge in [0.25, 0.3) is 0 Å². The van der Waals surface area contributed by atoms with Crippen molar-refractivity contribution < 1.29 is 0 Å². The maximum absolute atomic E-state index is 6.60. The number of anilines is 1.